The Labute approximate surface area is 179 Å². The van der Waals surface area contributed by atoms with Gasteiger partial charge in [-0.2, -0.15) is 9.78 Å². The van der Waals surface area contributed by atoms with Crippen molar-refractivity contribution in [3.8, 4) is 11.4 Å². The second kappa shape index (κ2) is 8.78. The molecule has 1 saturated heterocycles. The van der Waals surface area contributed by atoms with Crippen molar-refractivity contribution in [3.63, 3.8) is 0 Å². The number of rotatable bonds is 7. The Morgan fingerprint density at radius 1 is 1.10 bits per heavy atom. The van der Waals surface area contributed by atoms with Gasteiger partial charge in [0, 0.05) is 39.3 Å². The molecular formula is C21H24N8O2. The molecule has 3 aromatic heterocycles. The summed E-state index contributed by atoms with van der Waals surface area (Å²) in [7, 11) is 1.89. The summed E-state index contributed by atoms with van der Waals surface area (Å²) in [6.45, 7) is 5.08. The lowest BCUT2D eigenvalue weighted by Crippen LogP contribution is -2.38. The highest BCUT2D eigenvalue weighted by atomic mass is 16.5. The van der Waals surface area contributed by atoms with Crippen LogP contribution < -0.4 is 4.74 Å². The summed E-state index contributed by atoms with van der Waals surface area (Å²) >= 11 is 0. The van der Waals surface area contributed by atoms with Gasteiger partial charge >= 0.3 is 0 Å². The van der Waals surface area contributed by atoms with Gasteiger partial charge in [-0.15, -0.1) is 5.10 Å². The van der Waals surface area contributed by atoms with Gasteiger partial charge in [-0.25, -0.2) is 9.97 Å². The highest BCUT2D eigenvalue weighted by Crippen LogP contribution is 2.18. The van der Waals surface area contributed by atoms with E-state index in [0.29, 0.717) is 30.0 Å². The number of nitrogens with zero attached hydrogens (tertiary/aromatic N) is 8. The number of morpholine rings is 1. The van der Waals surface area contributed by atoms with E-state index in [4.69, 9.17) is 9.47 Å². The van der Waals surface area contributed by atoms with Gasteiger partial charge in [0.25, 0.3) is 0 Å². The smallest absolute Gasteiger partial charge is 0.187 e. The van der Waals surface area contributed by atoms with E-state index < -0.39 is 0 Å². The Morgan fingerprint density at radius 3 is 2.71 bits per heavy atom. The number of ether oxygens (including phenoxy) is 2. The quantitative estimate of drug-likeness (QED) is 0.441. The normalized spacial score (nSPS) is 14.9. The van der Waals surface area contributed by atoms with E-state index in [1.807, 2.05) is 43.7 Å². The molecule has 0 aliphatic carbocycles. The number of aryl methyl sites for hydroxylation is 1. The second-order valence-electron chi connectivity index (χ2n) is 7.49. The number of fused-ring (bicyclic) bond motifs is 1. The molecule has 0 radical (unpaired) electrons. The van der Waals surface area contributed by atoms with Crippen LogP contribution in [0.25, 0.3) is 16.9 Å². The molecular weight excluding hydrogens is 396 g/mol. The molecule has 5 rings (SSSR count). The Bertz CT molecular complexity index is 1150. The first-order valence-corrected chi connectivity index (χ1v) is 10.3. The molecule has 1 aliphatic rings. The molecule has 31 heavy (non-hydrogen) atoms. The highest BCUT2D eigenvalue weighted by Gasteiger charge is 2.12. The van der Waals surface area contributed by atoms with E-state index in [2.05, 4.69) is 30.3 Å². The summed E-state index contributed by atoms with van der Waals surface area (Å²) in [5.74, 6) is 1.53. The van der Waals surface area contributed by atoms with Gasteiger partial charge in [0.15, 0.2) is 11.2 Å². The molecule has 1 fully saturated rings. The average Bonchev–Trinajstić information content (AvgIpc) is 3.41. The third-order valence-corrected chi connectivity index (χ3v) is 5.22. The van der Waals surface area contributed by atoms with Crippen molar-refractivity contribution in [1.29, 1.82) is 0 Å². The number of hydrogen-bond acceptors (Lipinski definition) is 8. The first-order chi connectivity index (χ1) is 15.2. The highest BCUT2D eigenvalue weighted by molar-refractivity contribution is 5.70. The van der Waals surface area contributed by atoms with Crippen LogP contribution in [-0.4, -0.2) is 79.1 Å². The second-order valence-corrected chi connectivity index (χ2v) is 7.49. The molecule has 4 heterocycles. The van der Waals surface area contributed by atoms with E-state index in [1.165, 1.54) is 0 Å². The van der Waals surface area contributed by atoms with Crippen molar-refractivity contribution < 1.29 is 9.47 Å². The molecule has 0 unspecified atom stereocenters. The van der Waals surface area contributed by atoms with Crippen LogP contribution in [0, 0.1) is 0 Å². The largest absolute Gasteiger partial charge is 0.492 e. The fourth-order valence-corrected chi connectivity index (χ4v) is 3.57. The molecule has 160 valence electrons. The van der Waals surface area contributed by atoms with E-state index >= 15 is 0 Å². The predicted octanol–water partition coefficient (Wildman–Crippen LogP) is 1.25. The zero-order valence-corrected chi connectivity index (χ0v) is 17.4. The van der Waals surface area contributed by atoms with Crippen molar-refractivity contribution in [2.75, 3.05) is 39.5 Å². The van der Waals surface area contributed by atoms with Crippen LogP contribution in [0.2, 0.25) is 0 Å². The SMILES string of the molecule is Cn1cc(Cc2ncc3nnn(-c4ccc(OCCN5CCOCC5)cc4)c3n2)cn1. The van der Waals surface area contributed by atoms with Crippen LogP contribution in [0.3, 0.4) is 0 Å². The van der Waals surface area contributed by atoms with Crippen LogP contribution >= 0.6 is 0 Å². The van der Waals surface area contributed by atoms with Crippen LogP contribution in [0.4, 0.5) is 0 Å². The van der Waals surface area contributed by atoms with E-state index in [1.54, 1.807) is 15.6 Å². The molecule has 4 aromatic rings. The molecule has 0 amide bonds. The van der Waals surface area contributed by atoms with Crippen LogP contribution in [0.15, 0.2) is 42.9 Å². The molecule has 1 aromatic carbocycles. The number of aromatic nitrogens is 7. The summed E-state index contributed by atoms with van der Waals surface area (Å²) in [6, 6.07) is 7.81. The first-order valence-electron chi connectivity index (χ1n) is 10.3. The minimum Gasteiger partial charge on any atom is -0.492 e. The Hall–Kier alpha value is -3.37. The zero-order chi connectivity index (χ0) is 21.0. The summed E-state index contributed by atoms with van der Waals surface area (Å²) in [4.78, 5) is 11.4. The van der Waals surface area contributed by atoms with Crippen molar-refractivity contribution in [2.24, 2.45) is 7.05 Å². The average molecular weight is 420 g/mol. The molecule has 0 spiro atoms. The monoisotopic (exact) mass is 420 g/mol. The molecule has 1 aliphatic heterocycles. The van der Waals surface area contributed by atoms with Crippen molar-refractivity contribution in [1.82, 2.24) is 39.6 Å². The van der Waals surface area contributed by atoms with Gasteiger partial charge < -0.3 is 9.47 Å². The summed E-state index contributed by atoms with van der Waals surface area (Å²) in [6.07, 6.45) is 6.09. The number of hydrogen-bond donors (Lipinski definition) is 0. The summed E-state index contributed by atoms with van der Waals surface area (Å²) < 4.78 is 14.8. The fourth-order valence-electron chi connectivity index (χ4n) is 3.57. The zero-order valence-electron chi connectivity index (χ0n) is 17.4. The standard InChI is InChI=1S/C21H24N8O2/c1-27-15-16(13-23-27)12-20-22-14-19-21(24-20)29(26-25-19)17-2-4-18(5-3-17)31-11-8-28-6-9-30-10-7-28/h2-5,13-15H,6-12H2,1H3. The third kappa shape index (κ3) is 4.54. The van der Waals surface area contributed by atoms with E-state index in [-0.39, 0.29) is 0 Å². The molecule has 10 nitrogen and oxygen atoms in total. The Kier molecular flexibility index (Phi) is 5.55. The minimum absolute atomic E-state index is 0.602. The molecule has 0 saturated carbocycles. The number of benzene rings is 1. The fraction of sp³-hybridized carbons (Fsp3) is 0.381. The van der Waals surface area contributed by atoms with Crippen molar-refractivity contribution in [3.05, 3.63) is 54.2 Å². The lowest BCUT2D eigenvalue weighted by atomic mass is 10.2. The van der Waals surface area contributed by atoms with Gasteiger partial charge in [-0.1, -0.05) is 5.21 Å². The van der Waals surface area contributed by atoms with Crippen molar-refractivity contribution >= 4 is 11.2 Å². The van der Waals surface area contributed by atoms with Crippen LogP contribution in [0.1, 0.15) is 11.4 Å². The maximum absolute atomic E-state index is 5.89. The third-order valence-electron chi connectivity index (χ3n) is 5.22. The van der Waals surface area contributed by atoms with Crippen LogP contribution in [-0.2, 0) is 18.2 Å². The van der Waals surface area contributed by atoms with E-state index in [0.717, 1.165) is 49.8 Å². The molecule has 0 N–H and O–H groups in total. The molecule has 0 bridgehead atoms. The Balaban J connectivity index is 1.27. The van der Waals surface area contributed by atoms with Crippen LogP contribution in [0.5, 0.6) is 5.75 Å². The maximum atomic E-state index is 5.89. The van der Waals surface area contributed by atoms with Crippen molar-refractivity contribution in [2.45, 2.75) is 6.42 Å². The Morgan fingerprint density at radius 2 is 1.94 bits per heavy atom. The van der Waals surface area contributed by atoms with Gasteiger partial charge in [0.1, 0.15) is 18.2 Å². The molecule has 10 heteroatoms. The van der Waals surface area contributed by atoms with Gasteiger partial charge in [0.05, 0.1) is 31.3 Å². The summed E-state index contributed by atoms with van der Waals surface area (Å²) in [5, 5.41) is 12.7. The van der Waals surface area contributed by atoms with Gasteiger partial charge in [-0.05, 0) is 29.8 Å². The lowest BCUT2D eigenvalue weighted by molar-refractivity contribution is 0.0322. The summed E-state index contributed by atoms with van der Waals surface area (Å²) in [5.41, 5.74) is 3.25. The van der Waals surface area contributed by atoms with Gasteiger partial charge in [0.2, 0.25) is 0 Å². The minimum atomic E-state index is 0.602. The van der Waals surface area contributed by atoms with E-state index in [9.17, 15) is 0 Å². The maximum Gasteiger partial charge on any atom is 0.187 e. The van der Waals surface area contributed by atoms with Gasteiger partial charge in [-0.3, -0.25) is 9.58 Å². The topological polar surface area (TPSA) is 96.0 Å². The predicted molar refractivity (Wildman–Crippen MR) is 113 cm³/mol. The molecule has 0 atom stereocenters. The first kappa shape index (κ1) is 19.6. The lowest BCUT2D eigenvalue weighted by Gasteiger charge is -2.26.